The maximum Gasteiger partial charge on any atom is 0.291 e. The molecule has 0 unspecified atom stereocenters. The van der Waals surface area contributed by atoms with Crippen molar-refractivity contribution in [1.82, 2.24) is 14.8 Å². The summed E-state index contributed by atoms with van der Waals surface area (Å²) in [5, 5.41) is 7.45. The number of thiophene rings is 1. The van der Waals surface area contributed by atoms with E-state index < -0.39 is 23.9 Å². The Morgan fingerprint density at radius 2 is 1.85 bits per heavy atom. The number of furan rings is 1. The molecule has 212 valence electrons. The number of ether oxygens (including phenoxy) is 1. The minimum atomic E-state index is -2.86. The molecule has 0 aliphatic rings. The summed E-state index contributed by atoms with van der Waals surface area (Å²) in [5.74, 6) is -0.449. The lowest BCUT2D eigenvalue weighted by atomic mass is 10.0. The normalized spacial score (nSPS) is 11.4. The zero-order valence-corrected chi connectivity index (χ0v) is 23.6. The van der Waals surface area contributed by atoms with Gasteiger partial charge in [-0.15, -0.1) is 11.3 Å². The van der Waals surface area contributed by atoms with Crippen LogP contribution in [0, 0.1) is 20.8 Å². The van der Waals surface area contributed by atoms with Crippen molar-refractivity contribution in [2.75, 3.05) is 5.32 Å². The monoisotopic (exact) mass is 579 g/mol. The van der Waals surface area contributed by atoms with Crippen LogP contribution in [-0.2, 0) is 13.2 Å². The predicted molar refractivity (Wildman–Crippen MR) is 152 cm³/mol. The number of fused-ring (bicyclic) bond motifs is 1. The highest BCUT2D eigenvalue weighted by molar-refractivity contribution is 7.21. The van der Waals surface area contributed by atoms with Crippen molar-refractivity contribution in [1.29, 1.82) is 0 Å². The van der Waals surface area contributed by atoms with Crippen molar-refractivity contribution in [2.45, 2.75) is 47.3 Å². The van der Waals surface area contributed by atoms with Crippen LogP contribution in [0.15, 0.2) is 47.0 Å². The lowest BCUT2D eigenvalue weighted by Crippen LogP contribution is -2.16. The van der Waals surface area contributed by atoms with Crippen molar-refractivity contribution in [2.24, 2.45) is 5.73 Å². The van der Waals surface area contributed by atoms with Crippen molar-refractivity contribution in [3.05, 3.63) is 81.5 Å². The van der Waals surface area contributed by atoms with Crippen LogP contribution < -0.4 is 15.8 Å². The molecule has 0 fully saturated rings. The van der Waals surface area contributed by atoms with Crippen molar-refractivity contribution < 1.29 is 27.5 Å². The van der Waals surface area contributed by atoms with Gasteiger partial charge in [0.05, 0.1) is 11.4 Å². The summed E-state index contributed by atoms with van der Waals surface area (Å²) in [5.41, 5.74) is 8.86. The average molecular weight is 580 g/mol. The van der Waals surface area contributed by atoms with E-state index in [0.717, 1.165) is 22.5 Å². The smallest absolute Gasteiger partial charge is 0.291 e. The Labute approximate surface area is 237 Å². The van der Waals surface area contributed by atoms with E-state index in [1.54, 1.807) is 23.9 Å². The molecular weight excluding hydrogens is 552 g/mol. The molecule has 2 amide bonds. The molecule has 9 nitrogen and oxygen atoms in total. The number of amides is 2. The summed E-state index contributed by atoms with van der Waals surface area (Å²) in [6, 6.07) is 10.2. The maximum atomic E-state index is 13.8. The minimum Gasteiger partial charge on any atom is -0.486 e. The minimum absolute atomic E-state index is 0.0287. The van der Waals surface area contributed by atoms with Gasteiger partial charge in [0, 0.05) is 23.7 Å². The largest absolute Gasteiger partial charge is 0.486 e. The number of nitrogens with zero attached hydrogens (tertiary/aromatic N) is 3. The second-order valence-electron chi connectivity index (χ2n) is 9.56. The first-order chi connectivity index (χ1) is 19.5. The number of aryl methyl sites for hydroxylation is 4. The summed E-state index contributed by atoms with van der Waals surface area (Å²) < 4.78 is 40.8. The Balaban J connectivity index is 1.51. The second kappa shape index (κ2) is 11.1. The summed E-state index contributed by atoms with van der Waals surface area (Å²) >= 11 is 0.830. The van der Waals surface area contributed by atoms with Gasteiger partial charge < -0.3 is 20.2 Å². The average Bonchev–Trinajstić information content (AvgIpc) is 3.63. The van der Waals surface area contributed by atoms with Gasteiger partial charge in [0.25, 0.3) is 18.2 Å². The molecule has 4 heterocycles. The molecule has 5 rings (SSSR count). The number of carbonyl (C=O) groups is 2. The molecular formula is C29H27F2N5O4S. The van der Waals surface area contributed by atoms with Crippen molar-refractivity contribution in [3.8, 4) is 16.9 Å². The molecule has 41 heavy (non-hydrogen) atoms. The number of hydrogen-bond donors (Lipinski definition) is 2. The molecule has 3 N–H and O–H groups in total. The summed E-state index contributed by atoms with van der Waals surface area (Å²) in [7, 11) is 0. The second-order valence-corrected chi connectivity index (χ2v) is 10.6. The first-order valence-corrected chi connectivity index (χ1v) is 13.6. The summed E-state index contributed by atoms with van der Waals surface area (Å²) in [6.45, 7) is 8.24. The van der Waals surface area contributed by atoms with Gasteiger partial charge in [-0.3, -0.25) is 14.3 Å². The van der Waals surface area contributed by atoms with Crippen LogP contribution in [0.2, 0.25) is 0 Å². The highest BCUT2D eigenvalue weighted by Gasteiger charge is 2.27. The fraction of sp³-hybridized carbons (Fsp3) is 0.241. The molecule has 0 bridgehead atoms. The number of halogens is 2. The van der Waals surface area contributed by atoms with Crippen molar-refractivity contribution >= 4 is 39.1 Å². The van der Waals surface area contributed by atoms with Gasteiger partial charge in [0.1, 0.15) is 33.5 Å². The van der Waals surface area contributed by atoms with Gasteiger partial charge in [-0.05, 0) is 74.7 Å². The van der Waals surface area contributed by atoms with Gasteiger partial charge in [-0.25, -0.2) is 13.8 Å². The van der Waals surface area contributed by atoms with E-state index in [1.807, 2.05) is 39.0 Å². The zero-order chi connectivity index (χ0) is 29.4. The third-order valence-corrected chi connectivity index (χ3v) is 7.49. The van der Waals surface area contributed by atoms with E-state index >= 15 is 0 Å². The maximum absolute atomic E-state index is 13.8. The predicted octanol–water partition coefficient (Wildman–Crippen LogP) is 6.57. The fourth-order valence-electron chi connectivity index (χ4n) is 4.60. The highest BCUT2D eigenvalue weighted by atomic mass is 32.1. The molecule has 0 saturated carbocycles. The standard InChI is InChI=1S/C29H27F2N5O4S/c1-5-36-12-20(16(4)35-36)19-11-21(26(30)31)33-29-23(19)24(25(41-29)27(32)37)34-28(38)22-7-6-17(40-22)13-39-18-9-14(2)8-15(3)10-18/h6-12,26H,5,13H2,1-4H3,(H2,32,37)(H,34,38). The van der Waals surface area contributed by atoms with Gasteiger partial charge in [0.15, 0.2) is 5.76 Å². The Morgan fingerprint density at radius 1 is 1.12 bits per heavy atom. The Morgan fingerprint density at radius 3 is 2.49 bits per heavy atom. The number of nitrogens with one attached hydrogen (secondary N) is 1. The third-order valence-electron chi connectivity index (χ3n) is 6.39. The Kier molecular flexibility index (Phi) is 7.59. The van der Waals surface area contributed by atoms with Gasteiger partial charge >= 0.3 is 0 Å². The van der Waals surface area contributed by atoms with Crippen LogP contribution >= 0.6 is 11.3 Å². The molecule has 0 atom stereocenters. The number of aromatic nitrogens is 3. The van der Waals surface area contributed by atoms with Gasteiger partial charge in [0.2, 0.25) is 0 Å². The SMILES string of the molecule is CCn1cc(-c2cc(C(F)F)nc3sc(C(N)=O)c(NC(=O)c4ccc(COc5cc(C)cc(C)c5)o4)c23)c(C)n1. The van der Waals surface area contributed by atoms with Crippen LogP contribution in [0.5, 0.6) is 5.75 Å². The molecule has 12 heteroatoms. The molecule has 0 saturated heterocycles. The van der Waals surface area contributed by atoms with Gasteiger partial charge in [-0.2, -0.15) is 5.10 Å². The van der Waals surface area contributed by atoms with Gasteiger partial charge in [-0.1, -0.05) is 6.07 Å². The van der Waals surface area contributed by atoms with Crippen LogP contribution in [0.3, 0.4) is 0 Å². The molecule has 0 aliphatic carbocycles. The van der Waals surface area contributed by atoms with Crippen LogP contribution in [0.1, 0.15) is 61.9 Å². The number of anilines is 1. The number of primary amides is 1. The summed E-state index contributed by atoms with van der Waals surface area (Å²) in [6.07, 6.45) is -1.13. The topological polar surface area (TPSA) is 125 Å². The number of rotatable bonds is 9. The van der Waals surface area contributed by atoms with Crippen molar-refractivity contribution in [3.63, 3.8) is 0 Å². The van der Waals surface area contributed by atoms with Crippen LogP contribution in [0.25, 0.3) is 21.3 Å². The molecule has 5 aromatic rings. The van der Waals surface area contributed by atoms with E-state index in [0.29, 0.717) is 40.3 Å². The Hall–Kier alpha value is -4.58. The quantitative estimate of drug-likeness (QED) is 0.204. The molecule has 0 spiro atoms. The van der Waals surface area contributed by atoms with E-state index in [4.69, 9.17) is 14.9 Å². The number of benzene rings is 1. The van der Waals surface area contributed by atoms with E-state index in [2.05, 4.69) is 15.4 Å². The van der Waals surface area contributed by atoms with E-state index in [9.17, 15) is 18.4 Å². The third kappa shape index (κ3) is 5.68. The highest BCUT2D eigenvalue weighted by Crippen LogP contribution is 2.43. The number of carbonyl (C=O) groups excluding carboxylic acids is 2. The summed E-state index contributed by atoms with van der Waals surface area (Å²) in [4.78, 5) is 29.9. The number of nitrogens with two attached hydrogens (primary N) is 1. The number of hydrogen-bond acceptors (Lipinski definition) is 7. The van der Waals surface area contributed by atoms with E-state index in [1.165, 1.54) is 12.1 Å². The first kappa shape index (κ1) is 28.0. The Bertz CT molecular complexity index is 1770. The molecule has 4 aromatic heterocycles. The van der Waals surface area contributed by atoms with E-state index in [-0.39, 0.29) is 27.8 Å². The lowest BCUT2D eigenvalue weighted by Gasteiger charge is -2.10. The molecule has 0 radical (unpaired) electrons. The van der Waals surface area contributed by atoms with Crippen LogP contribution in [0.4, 0.5) is 14.5 Å². The molecule has 0 aliphatic heterocycles. The molecule has 1 aromatic carbocycles. The van der Waals surface area contributed by atoms with Crippen LogP contribution in [-0.4, -0.2) is 26.6 Å². The zero-order valence-electron chi connectivity index (χ0n) is 22.7. The lowest BCUT2D eigenvalue weighted by molar-refractivity contribution is 0.0992. The number of alkyl halides is 2. The fourth-order valence-corrected chi connectivity index (χ4v) is 5.62. The first-order valence-electron chi connectivity index (χ1n) is 12.7. The number of pyridine rings is 1.